The maximum Gasteiger partial charge on any atom is 0.416 e. The van der Waals surface area contributed by atoms with Crippen LogP contribution in [0.1, 0.15) is 18.1 Å². The number of rotatable bonds is 4. The second-order valence-electron chi connectivity index (χ2n) is 5.50. The molecule has 140 valence electrons. The molecule has 2 rings (SSSR count). The maximum atomic E-state index is 12.8. The van der Waals surface area contributed by atoms with Crippen LogP contribution in [0.25, 0.3) is 0 Å². The third-order valence-corrected chi connectivity index (χ3v) is 3.89. The Bertz CT molecular complexity index is 906. The summed E-state index contributed by atoms with van der Waals surface area (Å²) in [6.07, 6.45) is -4.59. The van der Waals surface area contributed by atoms with E-state index in [0.29, 0.717) is 11.3 Å². The van der Waals surface area contributed by atoms with Crippen molar-refractivity contribution in [3.63, 3.8) is 0 Å². The molecular weight excluding hydrogens is 383 g/mol. The molecule has 0 saturated heterocycles. The number of carbonyl (C=O) groups excluding carboxylic acids is 2. The van der Waals surface area contributed by atoms with E-state index in [9.17, 15) is 22.8 Å². The molecule has 27 heavy (non-hydrogen) atoms. The molecule has 5 nitrogen and oxygen atoms in total. The molecule has 0 heterocycles. The molecule has 0 saturated carbocycles. The number of nitrogens with zero attached hydrogens (tertiary/aromatic N) is 2. The van der Waals surface area contributed by atoms with Gasteiger partial charge in [0, 0.05) is 12.6 Å². The zero-order chi connectivity index (χ0) is 20.2. The third-order valence-electron chi connectivity index (χ3n) is 3.56. The SMILES string of the molecule is CC(=O)N(CC(=O)Nc1cc(C(F)(F)F)ccc1Cl)c1ccc(C#N)cc1. The average Bonchev–Trinajstić information content (AvgIpc) is 2.60. The lowest BCUT2D eigenvalue weighted by atomic mass is 10.2. The smallest absolute Gasteiger partial charge is 0.323 e. The Hall–Kier alpha value is -3.05. The van der Waals surface area contributed by atoms with Gasteiger partial charge in [0.15, 0.2) is 0 Å². The fourth-order valence-corrected chi connectivity index (χ4v) is 2.40. The van der Waals surface area contributed by atoms with Gasteiger partial charge >= 0.3 is 6.18 Å². The number of anilines is 2. The summed E-state index contributed by atoms with van der Waals surface area (Å²) >= 11 is 5.85. The van der Waals surface area contributed by atoms with Crippen LogP contribution < -0.4 is 10.2 Å². The minimum Gasteiger partial charge on any atom is -0.323 e. The molecule has 0 radical (unpaired) electrons. The van der Waals surface area contributed by atoms with Crippen LogP contribution in [0, 0.1) is 11.3 Å². The number of amides is 2. The number of nitrogens with one attached hydrogen (secondary N) is 1. The first-order chi connectivity index (χ1) is 12.6. The minimum absolute atomic E-state index is 0.0656. The van der Waals surface area contributed by atoms with Gasteiger partial charge in [-0.25, -0.2) is 0 Å². The summed E-state index contributed by atoms with van der Waals surface area (Å²) in [5.74, 6) is -1.18. The Morgan fingerprint density at radius 3 is 2.33 bits per heavy atom. The summed E-state index contributed by atoms with van der Waals surface area (Å²) in [4.78, 5) is 25.2. The summed E-state index contributed by atoms with van der Waals surface area (Å²) in [5, 5.41) is 11.0. The van der Waals surface area contributed by atoms with Gasteiger partial charge in [-0.1, -0.05) is 11.6 Å². The number of carbonyl (C=O) groups is 2. The molecule has 2 amide bonds. The molecule has 0 atom stereocenters. The summed E-state index contributed by atoms with van der Waals surface area (Å²) in [7, 11) is 0. The van der Waals surface area contributed by atoms with Crippen molar-refractivity contribution in [1.82, 2.24) is 0 Å². The van der Waals surface area contributed by atoms with E-state index in [1.165, 1.54) is 31.2 Å². The van der Waals surface area contributed by atoms with Gasteiger partial charge in [0.25, 0.3) is 0 Å². The Kier molecular flexibility index (Phi) is 6.08. The molecule has 2 aromatic carbocycles. The van der Waals surface area contributed by atoms with E-state index in [-0.39, 0.29) is 10.7 Å². The highest BCUT2D eigenvalue weighted by atomic mass is 35.5. The molecule has 0 unspecified atom stereocenters. The zero-order valence-electron chi connectivity index (χ0n) is 14.0. The Morgan fingerprint density at radius 1 is 1.19 bits per heavy atom. The number of benzene rings is 2. The summed E-state index contributed by atoms with van der Waals surface area (Å²) in [6, 6.07) is 10.4. The molecule has 0 fully saturated rings. The van der Waals surface area contributed by atoms with E-state index in [0.717, 1.165) is 23.1 Å². The van der Waals surface area contributed by atoms with Crippen molar-refractivity contribution in [3.8, 4) is 6.07 Å². The van der Waals surface area contributed by atoms with Crippen LogP contribution in [-0.4, -0.2) is 18.4 Å². The van der Waals surface area contributed by atoms with Crippen LogP contribution in [0.15, 0.2) is 42.5 Å². The molecule has 2 aromatic rings. The fourth-order valence-electron chi connectivity index (χ4n) is 2.23. The normalized spacial score (nSPS) is 10.8. The van der Waals surface area contributed by atoms with E-state index in [1.54, 1.807) is 0 Å². The van der Waals surface area contributed by atoms with Gasteiger partial charge in [-0.2, -0.15) is 18.4 Å². The zero-order valence-corrected chi connectivity index (χ0v) is 14.7. The van der Waals surface area contributed by atoms with E-state index < -0.39 is 30.1 Å². The third kappa shape index (κ3) is 5.21. The number of hydrogen-bond donors (Lipinski definition) is 1. The highest BCUT2D eigenvalue weighted by Gasteiger charge is 2.31. The van der Waals surface area contributed by atoms with Crippen LogP contribution in [0.3, 0.4) is 0 Å². The quantitative estimate of drug-likeness (QED) is 0.842. The standard InChI is InChI=1S/C18H13ClF3N3O2/c1-11(26)25(14-5-2-12(9-23)3-6-14)10-17(27)24-16-8-13(18(20,21)22)4-7-15(16)19/h2-8H,10H2,1H3,(H,24,27). The monoisotopic (exact) mass is 395 g/mol. The molecule has 0 aliphatic carbocycles. The van der Waals surface area contributed by atoms with Gasteiger partial charge < -0.3 is 10.2 Å². The molecule has 0 bridgehead atoms. The van der Waals surface area contributed by atoms with Crippen molar-refractivity contribution < 1.29 is 22.8 Å². The van der Waals surface area contributed by atoms with Crippen molar-refractivity contribution in [3.05, 3.63) is 58.6 Å². The maximum absolute atomic E-state index is 12.8. The predicted octanol–water partition coefficient (Wildman–Crippen LogP) is 4.22. The second-order valence-corrected chi connectivity index (χ2v) is 5.91. The fraction of sp³-hybridized carbons (Fsp3) is 0.167. The lowest BCUT2D eigenvalue weighted by Crippen LogP contribution is -2.36. The summed E-state index contributed by atoms with van der Waals surface area (Å²) < 4.78 is 38.4. The van der Waals surface area contributed by atoms with Crippen molar-refractivity contribution in [2.24, 2.45) is 0 Å². The topological polar surface area (TPSA) is 73.2 Å². The molecule has 1 N–H and O–H groups in total. The number of alkyl halides is 3. The second kappa shape index (κ2) is 8.10. The molecule has 0 aromatic heterocycles. The van der Waals surface area contributed by atoms with E-state index in [1.807, 2.05) is 6.07 Å². The van der Waals surface area contributed by atoms with Gasteiger partial charge in [-0.05, 0) is 42.5 Å². The first-order valence-corrected chi connectivity index (χ1v) is 7.94. The molecular formula is C18H13ClF3N3O2. The van der Waals surface area contributed by atoms with Crippen molar-refractivity contribution in [1.29, 1.82) is 5.26 Å². The van der Waals surface area contributed by atoms with Crippen molar-refractivity contribution in [2.75, 3.05) is 16.8 Å². The highest BCUT2D eigenvalue weighted by molar-refractivity contribution is 6.33. The molecule has 9 heteroatoms. The largest absolute Gasteiger partial charge is 0.416 e. The lowest BCUT2D eigenvalue weighted by Gasteiger charge is -2.21. The Labute approximate surface area is 158 Å². The van der Waals surface area contributed by atoms with E-state index in [4.69, 9.17) is 16.9 Å². The summed E-state index contributed by atoms with van der Waals surface area (Å²) in [6.45, 7) is 0.802. The highest BCUT2D eigenvalue weighted by Crippen LogP contribution is 2.33. The van der Waals surface area contributed by atoms with Crippen LogP contribution in [-0.2, 0) is 15.8 Å². The number of nitriles is 1. The minimum atomic E-state index is -4.59. The van der Waals surface area contributed by atoms with Crippen LogP contribution in [0.2, 0.25) is 5.02 Å². The van der Waals surface area contributed by atoms with Crippen LogP contribution in [0.5, 0.6) is 0 Å². The van der Waals surface area contributed by atoms with Gasteiger partial charge in [0.2, 0.25) is 11.8 Å². The van der Waals surface area contributed by atoms with Gasteiger partial charge in [-0.3, -0.25) is 9.59 Å². The summed E-state index contributed by atoms with van der Waals surface area (Å²) in [5.41, 5.74) is -0.424. The van der Waals surface area contributed by atoms with Crippen molar-refractivity contribution >= 4 is 34.8 Å². The predicted molar refractivity (Wildman–Crippen MR) is 94.3 cm³/mol. The Balaban J connectivity index is 2.19. The van der Waals surface area contributed by atoms with Gasteiger partial charge in [0.1, 0.15) is 6.54 Å². The van der Waals surface area contributed by atoms with Crippen molar-refractivity contribution in [2.45, 2.75) is 13.1 Å². The van der Waals surface area contributed by atoms with Crippen LogP contribution >= 0.6 is 11.6 Å². The number of hydrogen-bond acceptors (Lipinski definition) is 3. The lowest BCUT2D eigenvalue weighted by molar-refractivity contribution is -0.137. The molecule has 0 spiro atoms. The van der Waals surface area contributed by atoms with E-state index in [2.05, 4.69) is 5.32 Å². The Morgan fingerprint density at radius 2 is 1.81 bits per heavy atom. The molecule has 0 aliphatic rings. The van der Waals surface area contributed by atoms with E-state index >= 15 is 0 Å². The van der Waals surface area contributed by atoms with Crippen LogP contribution in [0.4, 0.5) is 24.5 Å². The average molecular weight is 396 g/mol. The van der Waals surface area contributed by atoms with Gasteiger partial charge in [-0.15, -0.1) is 0 Å². The van der Waals surface area contributed by atoms with Gasteiger partial charge in [0.05, 0.1) is 27.9 Å². The number of halogens is 4. The first kappa shape index (κ1) is 20.3. The molecule has 0 aliphatic heterocycles. The first-order valence-electron chi connectivity index (χ1n) is 7.56.